The molecular formula is C24H28N4O. The van der Waals surface area contributed by atoms with Gasteiger partial charge in [0.2, 0.25) is 0 Å². The smallest absolute Gasteiger partial charge is 0.191 e. The van der Waals surface area contributed by atoms with Gasteiger partial charge in [-0.1, -0.05) is 60.7 Å². The highest BCUT2D eigenvalue weighted by molar-refractivity contribution is 5.79. The molecule has 3 aromatic rings. The molecule has 1 heterocycles. The Morgan fingerprint density at radius 1 is 0.828 bits per heavy atom. The molecule has 5 nitrogen and oxygen atoms in total. The van der Waals surface area contributed by atoms with E-state index in [1.165, 1.54) is 16.7 Å². The molecule has 0 aliphatic carbocycles. The molecule has 0 saturated carbocycles. The summed E-state index contributed by atoms with van der Waals surface area (Å²) in [6.45, 7) is 2.74. The van der Waals surface area contributed by atoms with E-state index in [2.05, 4.69) is 57.0 Å². The Bertz CT molecular complexity index is 864. The molecule has 2 N–H and O–H groups in total. The predicted molar refractivity (Wildman–Crippen MR) is 118 cm³/mol. The standard InChI is InChI=1S/C24H28N4O/c1-25-24(27-16-14-23-9-5-6-15-26-23)28-17-20-10-12-22(13-11-20)19-29-18-21-7-3-2-4-8-21/h2-13,15H,14,16-19H2,1H3,(H2,25,27,28). The average Bonchev–Trinajstić information content (AvgIpc) is 2.78. The minimum Gasteiger partial charge on any atom is -0.372 e. The summed E-state index contributed by atoms with van der Waals surface area (Å²) in [5.41, 5.74) is 4.63. The summed E-state index contributed by atoms with van der Waals surface area (Å²) in [4.78, 5) is 8.61. The summed E-state index contributed by atoms with van der Waals surface area (Å²) >= 11 is 0. The van der Waals surface area contributed by atoms with Crippen molar-refractivity contribution in [1.82, 2.24) is 15.6 Å². The number of ether oxygens (including phenoxy) is 1. The zero-order valence-electron chi connectivity index (χ0n) is 16.8. The van der Waals surface area contributed by atoms with Crippen molar-refractivity contribution < 1.29 is 4.74 Å². The van der Waals surface area contributed by atoms with Gasteiger partial charge in [0.15, 0.2) is 5.96 Å². The van der Waals surface area contributed by atoms with Crippen LogP contribution in [0.25, 0.3) is 0 Å². The van der Waals surface area contributed by atoms with Crippen molar-refractivity contribution in [2.45, 2.75) is 26.2 Å². The molecular weight excluding hydrogens is 360 g/mol. The Morgan fingerprint density at radius 2 is 1.52 bits per heavy atom. The van der Waals surface area contributed by atoms with Gasteiger partial charge in [-0.2, -0.15) is 0 Å². The summed E-state index contributed by atoms with van der Waals surface area (Å²) in [6, 6.07) is 24.7. The van der Waals surface area contributed by atoms with Crippen LogP contribution in [0.15, 0.2) is 84.0 Å². The monoisotopic (exact) mass is 388 g/mol. The summed E-state index contributed by atoms with van der Waals surface area (Å²) < 4.78 is 5.79. The second-order valence-corrected chi connectivity index (χ2v) is 6.72. The van der Waals surface area contributed by atoms with Gasteiger partial charge in [0.1, 0.15) is 0 Å². The second kappa shape index (κ2) is 11.6. The fourth-order valence-electron chi connectivity index (χ4n) is 2.88. The van der Waals surface area contributed by atoms with Crippen LogP contribution in [0.1, 0.15) is 22.4 Å². The third-order valence-electron chi connectivity index (χ3n) is 4.49. The number of hydrogen-bond acceptors (Lipinski definition) is 3. The highest BCUT2D eigenvalue weighted by atomic mass is 16.5. The van der Waals surface area contributed by atoms with Gasteiger partial charge in [0.05, 0.1) is 13.2 Å². The fraction of sp³-hybridized carbons (Fsp3) is 0.250. The van der Waals surface area contributed by atoms with Gasteiger partial charge in [-0.05, 0) is 28.8 Å². The number of rotatable bonds is 9. The third kappa shape index (κ3) is 7.39. The van der Waals surface area contributed by atoms with E-state index in [0.717, 1.165) is 24.6 Å². The first-order chi connectivity index (χ1) is 14.3. The molecule has 0 aliphatic heterocycles. The zero-order valence-corrected chi connectivity index (χ0v) is 16.8. The van der Waals surface area contributed by atoms with Crippen LogP contribution in [0.5, 0.6) is 0 Å². The number of guanidine groups is 1. The van der Waals surface area contributed by atoms with E-state index in [0.29, 0.717) is 19.8 Å². The van der Waals surface area contributed by atoms with Crippen LogP contribution in [-0.4, -0.2) is 24.5 Å². The maximum Gasteiger partial charge on any atom is 0.191 e. The summed E-state index contributed by atoms with van der Waals surface area (Å²) in [5, 5.41) is 6.67. The number of benzene rings is 2. The lowest BCUT2D eigenvalue weighted by Gasteiger charge is -2.12. The van der Waals surface area contributed by atoms with Crippen molar-refractivity contribution in [3.05, 3.63) is 101 Å². The Balaban J connectivity index is 1.37. The quantitative estimate of drug-likeness (QED) is 0.433. The summed E-state index contributed by atoms with van der Waals surface area (Å²) in [5.74, 6) is 0.788. The Kier molecular flexibility index (Phi) is 8.23. The highest BCUT2D eigenvalue weighted by Gasteiger charge is 2.00. The van der Waals surface area contributed by atoms with Gasteiger partial charge in [-0.15, -0.1) is 0 Å². The van der Waals surface area contributed by atoms with Gasteiger partial charge in [0.25, 0.3) is 0 Å². The van der Waals surface area contributed by atoms with Gasteiger partial charge in [-0.25, -0.2) is 0 Å². The number of nitrogens with one attached hydrogen (secondary N) is 2. The predicted octanol–water partition coefficient (Wildman–Crippen LogP) is 3.71. The van der Waals surface area contributed by atoms with Crippen LogP contribution in [0, 0.1) is 0 Å². The molecule has 150 valence electrons. The SMILES string of the molecule is CN=C(NCCc1ccccn1)NCc1ccc(COCc2ccccc2)cc1. The molecule has 2 aromatic carbocycles. The highest BCUT2D eigenvalue weighted by Crippen LogP contribution is 2.08. The van der Waals surface area contributed by atoms with E-state index in [1.54, 1.807) is 7.05 Å². The van der Waals surface area contributed by atoms with E-state index < -0.39 is 0 Å². The van der Waals surface area contributed by atoms with Crippen molar-refractivity contribution in [2.75, 3.05) is 13.6 Å². The average molecular weight is 389 g/mol. The Morgan fingerprint density at radius 3 is 2.21 bits per heavy atom. The van der Waals surface area contributed by atoms with Crippen LogP contribution in [0.2, 0.25) is 0 Å². The van der Waals surface area contributed by atoms with Gasteiger partial charge in [-0.3, -0.25) is 9.98 Å². The Hall–Kier alpha value is -3.18. The van der Waals surface area contributed by atoms with Crippen molar-refractivity contribution in [3.63, 3.8) is 0 Å². The van der Waals surface area contributed by atoms with Gasteiger partial charge in [0, 0.05) is 38.4 Å². The van der Waals surface area contributed by atoms with Crippen LogP contribution < -0.4 is 10.6 Å². The molecule has 0 unspecified atom stereocenters. The first-order valence-corrected chi connectivity index (χ1v) is 9.87. The molecule has 0 bridgehead atoms. The summed E-state index contributed by atoms with van der Waals surface area (Å²) in [6.07, 6.45) is 2.68. The molecule has 0 atom stereocenters. The topological polar surface area (TPSA) is 58.5 Å². The lowest BCUT2D eigenvalue weighted by molar-refractivity contribution is 0.107. The maximum absolute atomic E-state index is 5.79. The van der Waals surface area contributed by atoms with Gasteiger partial charge < -0.3 is 15.4 Å². The number of nitrogens with zero attached hydrogens (tertiary/aromatic N) is 2. The Labute approximate surface area is 172 Å². The molecule has 29 heavy (non-hydrogen) atoms. The second-order valence-electron chi connectivity index (χ2n) is 6.72. The van der Waals surface area contributed by atoms with Crippen molar-refractivity contribution in [3.8, 4) is 0 Å². The van der Waals surface area contributed by atoms with E-state index in [4.69, 9.17) is 4.74 Å². The van der Waals surface area contributed by atoms with E-state index in [9.17, 15) is 0 Å². The third-order valence-corrected chi connectivity index (χ3v) is 4.49. The molecule has 0 aliphatic rings. The molecule has 3 rings (SSSR count). The van der Waals surface area contributed by atoms with Crippen LogP contribution in [-0.2, 0) is 30.9 Å². The van der Waals surface area contributed by atoms with Crippen LogP contribution in [0.4, 0.5) is 0 Å². The largest absolute Gasteiger partial charge is 0.372 e. The van der Waals surface area contributed by atoms with Crippen LogP contribution >= 0.6 is 0 Å². The van der Waals surface area contributed by atoms with Gasteiger partial charge >= 0.3 is 0 Å². The molecule has 0 spiro atoms. The first kappa shape index (κ1) is 20.6. The van der Waals surface area contributed by atoms with Crippen molar-refractivity contribution >= 4 is 5.96 Å². The van der Waals surface area contributed by atoms with E-state index >= 15 is 0 Å². The summed E-state index contributed by atoms with van der Waals surface area (Å²) in [7, 11) is 1.78. The van der Waals surface area contributed by atoms with E-state index in [-0.39, 0.29) is 0 Å². The maximum atomic E-state index is 5.79. The normalized spacial score (nSPS) is 11.3. The van der Waals surface area contributed by atoms with E-state index in [1.807, 2.05) is 42.6 Å². The van der Waals surface area contributed by atoms with Crippen molar-refractivity contribution in [1.29, 1.82) is 0 Å². The number of aromatic nitrogens is 1. The lowest BCUT2D eigenvalue weighted by Crippen LogP contribution is -2.37. The molecule has 0 amide bonds. The zero-order chi connectivity index (χ0) is 20.2. The number of aliphatic imine (C=N–C) groups is 1. The van der Waals surface area contributed by atoms with Crippen molar-refractivity contribution in [2.24, 2.45) is 4.99 Å². The fourth-order valence-corrected chi connectivity index (χ4v) is 2.88. The minimum atomic E-state index is 0.610. The molecule has 0 radical (unpaired) electrons. The molecule has 0 fully saturated rings. The molecule has 1 aromatic heterocycles. The molecule has 5 heteroatoms. The van der Waals surface area contributed by atoms with Crippen LogP contribution in [0.3, 0.4) is 0 Å². The number of hydrogen-bond donors (Lipinski definition) is 2. The number of pyridine rings is 1. The lowest BCUT2D eigenvalue weighted by atomic mass is 10.1. The first-order valence-electron chi connectivity index (χ1n) is 9.87. The molecule has 0 saturated heterocycles. The minimum absolute atomic E-state index is 0.610.